The van der Waals surface area contributed by atoms with Crippen LogP contribution in [0.15, 0.2) is 70.1 Å². The Bertz CT molecular complexity index is 1080. The largest absolute Gasteiger partial charge is 0.493 e. The second kappa shape index (κ2) is 10.1. The molecular weight excluding hydrogens is 468 g/mol. The number of hydrogen-bond donors (Lipinski definition) is 2. The van der Waals surface area contributed by atoms with E-state index in [0.29, 0.717) is 27.6 Å². The van der Waals surface area contributed by atoms with Crippen molar-refractivity contribution in [1.29, 1.82) is 0 Å². The minimum Gasteiger partial charge on any atom is -0.493 e. The molecule has 0 saturated heterocycles. The van der Waals surface area contributed by atoms with Gasteiger partial charge in [-0.2, -0.15) is 0 Å². The van der Waals surface area contributed by atoms with Crippen LogP contribution in [0, 0.1) is 0 Å². The van der Waals surface area contributed by atoms with Crippen LogP contribution in [0.2, 0.25) is 0 Å². The van der Waals surface area contributed by atoms with E-state index in [4.69, 9.17) is 9.47 Å². The van der Waals surface area contributed by atoms with Gasteiger partial charge < -0.3 is 20.1 Å². The van der Waals surface area contributed by atoms with Crippen LogP contribution < -0.4 is 20.1 Å². The smallest absolute Gasteiger partial charge is 0.272 e. The molecule has 0 radical (unpaired) electrons. The number of nitrogens with one attached hydrogen (secondary N) is 2. The Morgan fingerprint density at radius 1 is 1.00 bits per heavy atom. The number of halogens is 1. The van der Waals surface area contributed by atoms with Gasteiger partial charge in [0.1, 0.15) is 5.70 Å². The molecule has 3 rings (SSSR count). The van der Waals surface area contributed by atoms with Crippen LogP contribution in [0.4, 0.5) is 5.69 Å². The molecule has 0 spiro atoms. The van der Waals surface area contributed by atoms with Crippen LogP contribution in [0.25, 0.3) is 6.08 Å². The Kier molecular flexibility index (Phi) is 7.26. The van der Waals surface area contributed by atoms with E-state index in [-0.39, 0.29) is 11.6 Å². The van der Waals surface area contributed by atoms with Gasteiger partial charge >= 0.3 is 0 Å². The summed E-state index contributed by atoms with van der Waals surface area (Å²) >= 11 is 4.67. The third kappa shape index (κ3) is 5.49. The number of methoxy groups -OCH3 is 2. The fourth-order valence-electron chi connectivity index (χ4n) is 2.62. The summed E-state index contributed by atoms with van der Waals surface area (Å²) in [5, 5.41) is 7.31. The second-order valence-electron chi connectivity index (χ2n) is 6.07. The number of carbonyl (C=O) groups is 2. The maximum atomic E-state index is 12.9. The minimum atomic E-state index is -0.451. The van der Waals surface area contributed by atoms with Crippen LogP contribution in [0.3, 0.4) is 0 Å². The molecule has 0 atom stereocenters. The first-order valence-electron chi connectivity index (χ1n) is 8.85. The van der Waals surface area contributed by atoms with Gasteiger partial charge in [0.2, 0.25) is 0 Å². The fourth-order valence-corrected chi connectivity index (χ4v) is 3.64. The maximum absolute atomic E-state index is 12.9. The lowest BCUT2D eigenvalue weighted by molar-refractivity contribution is -0.113. The molecule has 0 aliphatic carbocycles. The van der Waals surface area contributed by atoms with E-state index >= 15 is 0 Å². The molecule has 3 aromatic rings. The van der Waals surface area contributed by atoms with Gasteiger partial charge in [-0.25, -0.2) is 0 Å². The molecule has 2 amide bonds. The van der Waals surface area contributed by atoms with Crippen molar-refractivity contribution >= 4 is 50.8 Å². The third-order valence-corrected chi connectivity index (χ3v) is 5.40. The molecule has 2 N–H and O–H groups in total. The number of hydrogen-bond acceptors (Lipinski definition) is 5. The van der Waals surface area contributed by atoms with E-state index < -0.39 is 5.91 Å². The first-order valence-corrected chi connectivity index (χ1v) is 10.5. The number of anilines is 1. The standard InChI is InChI=1S/C22H19BrN2O4S/c1-28-18-9-8-14(12-19(18)29-2)11-17(25-22(27)20-7-4-10-30-20)21(26)24-16-6-3-5-15(23)13-16/h3-13H,1-2H3,(H,24,26)(H,25,27). The highest BCUT2D eigenvalue weighted by molar-refractivity contribution is 9.10. The van der Waals surface area contributed by atoms with Crippen LogP contribution in [-0.4, -0.2) is 26.0 Å². The molecule has 0 unspecified atom stereocenters. The Hall–Kier alpha value is -3.10. The molecule has 0 fully saturated rings. The molecule has 2 aromatic carbocycles. The van der Waals surface area contributed by atoms with Gasteiger partial charge in [0.05, 0.1) is 19.1 Å². The van der Waals surface area contributed by atoms with E-state index in [2.05, 4.69) is 26.6 Å². The molecule has 1 heterocycles. The van der Waals surface area contributed by atoms with Gasteiger partial charge in [-0.15, -0.1) is 11.3 Å². The van der Waals surface area contributed by atoms with Gasteiger partial charge in [0.15, 0.2) is 11.5 Å². The molecule has 0 bridgehead atoms. The van der Waals surface area contributed by atoms with Gasteiger partial charge in [0, 0.05) is 10.2 Å². The maximum Gasteiger partial charge on any atom is 0.272 e. The van der Waals surface area contributed by atoms with Crippen LogP contribution >= 0.6 is 27.3 Å². The summed E-state index contributed by atoms with van der Waals surface area (Å²) in [6.07, 6.45) is 1.58. The average molecular weight is 487 g/mol. The molecule has 0 aliphatic heterocycles. The lowest BCUT2D eigenvalue weighted by Gasteiger charge is -2.12. The predicted molar refractivity (Wildman–Crippen MR) is 122 cm³/mol. The van der Waals surface area contributed by atoms with Crippen molar-refractivity contribution in [1.82, 2.24) is 5.32 Å². The molecule has 1 aromatic heterocycles. The topological polar surface area (TPSA) is 76.7 Å². The summed E-state index contributed by atoms with van der Waals surface area (Å²) in [6, 6.07) is 15.9. The number of rotatable bonds is 7. The van der Waals surface area contributed by atoms with E-state index in [9.17, 15) is 9.59 Å². The molecule has 0 saturated carbocycles. The van der Waals surface area contributed by atoms with Crippen molar-refractivity contribution < 1.29 is 19.1 Å². The highest BCUT2D eigenvalue weighted by atomic mass is 79.9. The predicted octanol–water partition coefficient (Wildman–Crippen LogP) is 4.94. The van der Waals surface area contributed by atoms with E-state index in [1.807, 2.05) is 12.1 Å². The van der Waals surface area contributed by atoms with Gasteiger partial charge in [-0.1, -0.05) is 34.1 Å². The summed E-state index contributed by atoms with van der Waals surface area (Å²) in [6.45, 7) is 0. The van der Waals surface area contributed by atoms with E-state index in [1.54, 1.807) is 61.0 Å². The summed E-state index contributed by atoms with van der Waals surface area (Å²) in [5.74, 6) is 0.272. The Morgan fingerprint density at radius 2 is 1.80 bits per heavy atom. The van der Waals surface area contributed by atoms with Crippen molar-refractivity contribution in [3.05, 3.63) is 80.6 Å². The molecule has 30 heavy (non-hydrogen) atoms. The first kappa shape index (κ1) is 21.6. The van der Waals surface area contributed by atoms with Crippen LogP contribution in [0.1, 0.15) is 15.2 Å². The van der Waals surface area contributed by atoms with Crippen molar-refractivity contribution in [2.45, 2.75) is 0 Å². The molecular formula is C22H19BrN2O4S. The number of benzene rings is 2. The highest BCUT2D eigenvalue weighted by Crippen LogP contribution is 2.28. The van der Waals surface area contributed by atoms with Gasteiger partial charge in [0.25, 0.3) is 11.8 Å². The SMILES string of the molecule is COc1ccc(C=C(NC(=O)c2cccs2)C(=O)Nc2cccc(Br)c2)cc1OC. The van der Waals surface area contributed by atoms with Gasteiger partial charge in [-0.3, -0.25) is 9.59 Å². The average Bonchev–Trinajstić information content (AvgIpc) is 3.28. The highest BCUT2D eigenvalue weighted by Gasteiger charge is 2.16. The Morgan fingerprint density at radius 3 is 2.47 bits per heavy atom. The molecule has 154 valence electrons. The summed E-state index contributed by atoms with van der Waals surface area (Å²) in [5.41, 5.74) is 1.36. The van der Waals surface area contributed by atoms with Crippen molar-refractivity contribution in [2.75, 3.05) is 19.5 Å². The Balaban J connectivity index is 1.93. The number of amides is 2. The quantitative estimate of drug-likeness (QED) is 0.463. The summed E-state index contributed by atoms with van der Waals surface area (Å²) < 4.78 is 11.4. The minimum absolute atomic E-state index is 0.0978. The lowest BCUT2D eigenvalue weighted by atomic mass is 10.1. The molecule has 6 nitrogen and oxygen atoms in total. The van der Waals surface area contributed by atoms with E-state index in [0.717, 1.165) is 4.47 Å². The summed E-state index contributed by atoms with van der Waals surface area (Å²) in [7, 11) is 3.08. The van der Waals surface area contributed by atoms with Crippen molar-refractivity contribution in [3.63, 3.8) is 0 Å². The van der Waals surface area contributed by atoms with E-state index in [1.165, 1.54) is 18.4 Å². The third-order valence-electron chi connectivity index (χ3n) is 4.04. The number of thiophene rings is 1. The molecule has 0 aliphatic rings. The number of carbonyl (C=O) groups excluding carboxylic acids is 2. The normalized spacial score (nSPS) is 11.0. The fraction of sp³-hybridized carbons (Fsp3) is 0.0909. The summed E-state index contributed by atoms with van der Waals surface area (Å²) in [4.78, 5) is 26.0. The van der Waals surface area contributed by atoms with Crippen LogP contribution in [0.5, 0.6) is 11.5 Å². The number of ether oxygens (including phenoxy) is 2. The second-order valence-corrected chi connectivity index (χ2v) is 7.93. The lowest BCUT2D eigenvalue weighted by Crippen LogP contribution is -2.30. The molecule has 8 heteroatoms. The van der Waals surface area contributed by atoms with Crippen LogP contribution in [-0.2, 0) is 4.79 Å². The van der Waals surface area contributed by atoms with Crippen molar-refractivity contribution in [2.24, 2.45) is 0 Å². The van der Waals surface area contributed by atoms with Crippen molar-refractivity contribution in [3.8, 4) is 11.5 Å². The van der Waals surface area contributed by atoms with Gasteiger partial charge in [-0.05, 0) is 53.4 Å². The monoisotopic (exact) mass is 486 g/mol. The zero-order chi connectivity index (χ0) is 21.5. The Labute approximate surface area is 186 Å². The first-order chi connectivity index (χ1) is 14.5. The zero-order valence-corrected chi connectivity index (χ0v) is 18.7. The zero-order valence-electron chi connectivity index (χ0n) is 16.3.